The van der Waals surface area contributed by atoms with Crippen LogP contribution in [0.25, 0.3) is 0 Å². The SMILES string of the molecule is NC(=O)c1cc(N)ccc1NCCCN1CCOCC1. The number of hydrogen-bond acceptors (Lipinski definition) is 5. The van der Waals surface area contributed by atoms with Gasteiger partial charge in [-0.15, -0.1) is 0 Å². The fraction of sp³-hybridized carbons (Fsp3) is 0.500. The lowest BCUT2D eigenvalue weighted by Crippen LogP contribution is -2.37. The van der Waals surface area contributed by atoms with E-state index < -0.39 is 5.91 Å². The Morgan fingerprint density at radius 1 is 1.35 bits per heavy atom. The molecule has 1 aromatic carbocycles. The van der Waals surface area contributed by atoms with E-state index in [0.29, 0.717) is 11.3 Å². The number of nitrogen functional groups attached to an aromatic ring is 1. The Balaban J connectivity index is 1.80. The predicted molar refractivity (Wildman–Crippen MR) is 79.7 cm³/mol. The summed E-state index contributed by atoms with van der Waals surface area (Å²) < 4.78 is 5.31. The van der Waals surface area contributed by atoms with Crippen molar-refractivity contribution in [3.63, 3.8) is 0 Å². The molecule has 0 aliphatic carbocycles. The molecular formula is C14H22N4O2. The summed E-state index contributed by atoms with van der Waals surface area (Å²) in [4.78, 5) is 13.7. The van der Waals surface area contributed by atoms with Crippen molar-refractivity contribution in [2.24, 2.45) is 5.73 Å². The van der Waals surface area contributed by atoms with E-state index in [1.807, 2.05) is 0 Å². The first-order chi connectivity index (χ1) is 9.66. The van der Waals surface area contributed by atoms with E-state index in [9.17, 15) is 4.79 Å². The molecule has 1 amide bonds. The van der Waals surface area contributed by atoms with E-state index in [-0.39, 0.29) is 0 Å². The van der Waals surface area contributed by atoms with Crippen molar-refractivity contribution in [2.45, 2.75) is 6.42 Å². The zero-order valence-corrected chi connectivity index (χ0v) is 11.6. The number of benzene rings is 1. The van der Waals surface area contributed by atoms with Gasteiger partial charge >= 0.3 is 0 Å². The summed E-state index contributed by atoms with van der Waals surface area (Å²) >= 11 is 0. The maximum atomic E-state index is 11.4. The molecule has 0 atom stereocenters. The lowest BCUT2D eigenvalue weighted by molar-refractivity contribution is 0.0378. The van der Waals surface area contributed by atoms with E-state index in [1.54, 1.807) is 18.2 Å². The Hall–Kier alpha value is -1.79. The normalized spacial score (nSPS) is 16.0. The van der Waals surface area contributed by atoms with Crippen LogP contribution in [0.2, 0.25) is 0 Å². The van der Waals surface area contributed by atoms with Crippen LogP contribution in [-0.2, 0) is 4.74 Å². The van der Waals surface area contributed by atoms with Crippen molar-refractivity contribution in [1.82, 2.24) is 4.90 Å². The fourth-order valence-electron chi connectivity index (χ4n) is 2.27. The van der Waals surface area contributed by atoms with Crippen LogP contribution in [-0.4, -0.2) is 50.2 Å². The summed E-state index contributed by atoms with van der Waals surface area (Å²) in [5.41, 5.74) is 12.7. The first-order valence-corrected chi connectivity index (χ1v) is 6.90. The molecule has 5 N–H and O–H groups in total. The van der Waals surface area contributed by atoms with Crippen LogP contribution in [0.4, 0.5) is 11.4 Å². The van der Waals surface area contributed by atoms with Crippen molar-refractivity contribution in [1.29, 1.82) is 0 Å². The molecule has 0 saturated carbocycles. The lowest BCUT2D eigenvalue weighted by atomic mass is 10.1. The molecule has 6 nitrogen and oxygen atoms in total. The minimum atomic E-state index is -0.465. The number of nitrogens with zero attached hydrogens (tertiary/aromatic N) is 1. The third-order valence-electron chi connectivity index (χ3n) is 3.38. The van der Waals surface area contributed by atoms with E-state index in [4.69, 9.17) is 16.2 Å². The van der Waals surface area contributed by atoms with Gasteiger partial charge in [-0.25, -0.2) is 0 Å². The largest absolute Gasteiger partial charge is 0.399 e. The molecule has 0 unspecified atom stereocenters. The van der Waals surface area contributed by atoms with Crippen molar-refractivity contribution in [2.75, 3.05) is 50.4 Å². The molecule has 1 aromatic rings. The number of nitrogens with two attached hydrogens (primary N) is 2. The van der Waals surface area contributed by atoms with Crippen LogP contribution in [0.15, 0.2) is 18.2 Å². The third-order valence-corrected chi connectivity index (χ3v) is 3.38. The average molecular weight is 278 g/mol. The highest BCUT2D eigenvalue weighted by molar-refractivity contribution is 5.99. The average Bonchev–Trinajstić information content (AvgIpc) is 2.45. The maximum Gasteiger partial charge on any atom is 0.250 e. The highest BCUT2D eigenvalue weighted by Gasteiger charge is 2.10. The Morgan fingerprint density at radius 3 is 2.80 bits per heavy atom. The number of morpholine rings is 1. The van der Waals surface area contributed by atoms with Gasteiger partial charge in [0.1, 0.15) is 0 Å². The first-order valence-electron chi connectivity index (χ1n) is 6.90. The van der Waals surface area contributed by atoms with E-state index in [1.165, 1.54) is 0 Å². The zero-order chi connectivity index (χ0) is 14.4. The highest BCUT2D eigenvalue weighted by atomic mass is 16.5. The Morgan fingerprint density at radius 2 is 2.10 bits per heavy atom. The molecular weight excluding hydrogens is 256 g/mol. The summed E-state index contributed by atoms with van der Waals surface area (Å²) in [6, 6.07) is 5.16. The molecule has 0 radical (unpaired) electrons. The number of amides is 1. The van der Waals surface area contributed by atoms with Crippen molar-refractivity contribution in [3.8, 4) is 0 Å². The van der Waals surface area contributed by atoms with Crippen LogP contribution < -0.4 is 16.8 Å². The molecule has 1 heterocycles. The van der Waals surface area contributed by atoms with Crippen molar-refractivity contribution >= 4 is 17.3 Å². The Kier molecular flexibility index (Phi) is 5.20. The second kappa shape index (κ2) is 7.12. The molecule has 1 fully saturated rings. The van der Waals surface area contributed by atoms with Crippen LogP contribution in [0, 0.1) is 0 Å². The number of carbonyl (C=O) groups excluding carboxylic acids is 1. The number of hydrogen-bond donors (Lipinski definition) is 3. The number of rotatable bonds is 6. The van der Waals surface area contributed by atoms with Crippen LogP contribution in [0.3, 0.4) is 0 Å². The summed E-state index contributed by atoms with van der Waals surface area (Å²) in [5.74, 6) is -0.465. The number of primary amides is 1. The van der Waals surface area contributed by atoms with Gasteiger partial charge in [-0.1, -0.05) is 0 Å². The molecule has 1 aliphatic heterocycles. The van der Waals surface area contributed by atoms with E-state index >= 15 is 0 Å². The van der Waals surface area contributed by atoms with Crippen LogP contribution in [0.1, 0.15) is 16.8 Å². The minimum absolute atomic E-state index is 0.441. The molecule has 0 spiro atoms. The molecule has 0 bridgehead atoms. The highest BCUT2D eigenvalue weighted by Crippen LogP contribution is 2.18. The number of nitrogens with one attached hydrogen (secondary N) is 1. The van der Waals surface area contributed by atoms with Crippen LogP contribution >= 0.6 is 0 Å². The van der Waals surface area contributed by atoms with Gasteiger partial charge in [0.2, 0.25) is 0 Å². The standard InChI is InChI=1S/C14H22N4O2/c15-11-2-3-13(12(10-11)14(16)19)17-4-1-5-18-6-8-20-9-7-18/h2-3,10,17H,1,4-9,15H2,(H2,16,19). The van der Waals surface area contributed by atoms with E-state index in [0.717, 1.165) is 51.5 Å². The summed E-state index contributed by atoms with van der Waals surface area (Å²) in [6.07, 6.45) is 1.00. The quantitative estimate of drug-likeness (QED) is 0.520. The van der Waals surface area contributed by atoms with Crippen LogP contribution in [0.5, 0.6) is 0 Å². The molecule has 110 valence electrons. The van der Waals surface area contributed by atoms with Gasteiger partial charge < -0.3 is 21.5 Å². The molecule has 1 saturated heterocycles. The summed E-state index contributed by atoms with van der Waals surface area (Å²) in [6.45, 7) is 5.44. The van der Waals surface area contributed by atoms with Gasteiger partial charge in [-0.05, 0) is 31.2 Å². The zero-order valence-electron chi connectivity index (χ0n) is 11.6. The molecule has 20 heavy (non-hydrogen) atoms. The number of anilines is 2. The first kappa shape index (κ1) is 14.6. The topological polar surface area (TPSA) is 93.6 Å². The van der Waals surface area contributed by atoms with Gasteiger partial charge in [0.15, 0.2) is 0 Å². The monoisotopic (exact) mass is 278 g/mol. The van der Waals surface area contributed by atoms with Gasteiger partial charge in [0.05, 0.1) is 18.8 Å². The molecule has 6 heteroatoms. The van der Waals surface area contributed by atoms with E-state index in [2.05, 4.69) is 10.2 Å². The summed E-state index contributed by atoms with van der Waals surface area (Å²) in [7, 11) is 0. The van der Waals surface area contributed by atoms with Gasteiger partial charge in [0, 0.05) is 31.0 Å². The molecule has 1 aliphatic rings. The van der Waals surface area contributed by atoms with Crippen molar-refractivity contribution in [3.05, 3.63) is 23.8 Å². The number of carbonyl (C=O) groups is 1. The number of ether oxygens (including phenoxy) is 1. The fourth-order valence-corrected chi connectivity index (χ4v) is 2.27. The second-order valence-electron chi connectivity index (χ2n) is 4.90. The minimum Gasteiger partial charge on any atom is -0.399 e. The maximum absolute atomic E-state index is 11.4. The van der Waals surface area contributed by atoms with Crippen molar-refractivity contribution < 1.29 is 9.53 Å². The van der Waals surface area contributed by atoms with Gasteiger partial charge in [0.25, 0.3) is 5.91 Å². The van der Waals surface area contributed by atoms with Gasteiger partial charge in [-0.2, -0.15) is 0 Å². The van der Waals surface area contributed by atoms with Gasteiger partial charge in [-0.3, -0.25) is 9.69 Å². The second-order valence-corrected chi connectivity index (χ2v) is 4.90. The summed E-state index contributed by atoms with van der Waals surface area (Å²) in [5, 5.41) is 3.25. The Bertz CT molecular complexity index is 458. The predicted octanol–water partition coefficient (Wildman–Crippen LogP) is 0.502. The lowest BCUT2D eigenvalue weighted by Gasteiger charge is -2.26. The molecule has 2 rings (SSSR count). The molecule has 0 aromatic heterocycles. The smallest absolute Gasteiger partial charge is 0.250 e. The Labute approximate surface area is 119 Å². The third kappa shape index (κ3) is 4.11.